The van der Waals surface area contributed by atoms with E-state index in [0.717, 1.165) is 49.7 Å². The number of ether oxygens (including phenoxy) is 1. The lowest BCUT2D eigenvalue weighted by molar-refractivity contribution is -0.00700. The first-order valence-electron chi connectivity index (χ1n) is 12.6. The molecule has 4 rings (SSSR count). The van der Waals surface area contributed by atoms with E-state index in [0.29, 0.717) is 35.6 Å². The van der Waals surface area contributed by atoms with Gasteiger partial charge in [-0.1, -0.05) is 80.8 Å². The van der Waals surface area contributed by atoms with Crippen molar-refractivity contribution in [3.8, 4) is 22.3 Å². The Bertz CT molecular complexity index is 1140. The van der Waals surface area contributed by atoms with Crippen molar-refractivity contribution in [3.63, 3.8) is 0 Å². The van der Waals surface area contributed by atoms with E-state index in [1.807, 2.05) is 24.3 Å². The monoisotopic (exact) mass is 478 g/mol. The summed E-state index contributed by atoms with van der Waals surface area (Å²) in [7, 11) is 0. The first-order chi connectivity index (χ1) is 17.0. The van der Waals surface area contributed by atoms with Crippen LogP contribution in [0.25, 0.3) is 22.3 Å². The molecule has 0 radical (unpaired) electrons. The minimum atomic E-state index is -0.813. The number of rotatable bonds is 9. The van der Waals surface area contributed by atoms with E-state index in [4.69, 9.17) is 4.74 Å². The summed E-state index contributed by atoms with van der Waals surface area (Å²) in [6.07, 6.45) is 7.98. The molecule has 0 aliphatic carbocycles. The minimum absolute atomic E-state index is 0.236. The Labute approximate surface area is 206 Å². The SMILES string of the molecule is C=CC1CCC(c2ccc(-c3ccc(-c4ccc(CCCCCC)c(F)c4F)cc3)cc2F)OC1. The van der Waals surface area contributed by atoms with Crippen LogP contribution in [0, 0.1) is 23.4 Å². The Kier molecular flexibility index (Phi) is 8.46. The molecular weight excluding hydrogens is 445 g/mol. The zero-order chi connectivity index (χ0) is 24.8. The van der Waals surface area contributed by atoms with Gasteiger partial charge in [-0.05, 0) is 54.0 Å². The van der Waals surface area contributed by atoms with Gasteiger partial charge in [0.15, 0.2) is 11.6 Å². The number of unbranched alkanes of at least 4 members (excludes halogenated alkanes) is 3. The molecule has 1 aliphatic heterocycles. The van der Waals surface area contributed by atoms with E-state index in [-0.39, 0.29) is 17.5 Å². The van der Waals surface area contributed by atoms with E-state index >= 15 is 0 Å². The van der Waals surface area contributed by atoms with Crippen LogP contribution in [0.15, 0.2) is 67.3 Å². The number of benzene rings is 3. The predicted octanol–water partition coefficient (Wildman–Crippen LogP) is 9.21. The van der Waals surface area contributed by atoms with Crippen molar-refractivity contribution in [3.05, 3.63) is 95.8 Å². The number of hydrogen-bond donors (Lipinski definition) is 0. The molecule has 2 unspecified atom stereocenters. The second-order valence-electron chi connectivity index (χ2n) is 9.42. The van der Waals surface area contributed by atoms with Crippen LogP contribution < -0.4 is 0 Å². The van der Waals surface area contributed by atoms with Crippen LogP contribution in [-0.2, 0) is 11.2 Å². The number of halogens is 3. The Hall–Kier alpha value is -2.85. The third-order valence-electron chi connectivity index (χ3n) is 6.98. The fourth-order valence-electron chi connectivity index (χ4n) is 4.76. The highest BCUT2D eigenvalue weighted by atomic mass is 19.2. The molecule has 2 atom stereocenters. The van der Waals surface area contributed by atoms with E-state index < -0.39 is 11.6 Å². The Morgan fingerprint density at radius 3 is 2.26 bits per heavy atom. The molecule has 4 heteroatoms. The summed E-state index contributed by atoms with van der Waals surface area (Å²) in [5.41, 5.74) is 3.36. The van der Waals surface area contributed by atoms with Crippen LogP contribution in [0.4, 0.5) is 13.2 Å². The molecule has 0 aromatic heterocycles. The van der Waals surface area contributed by atoms with Crippen molar-refractivity contribution in [2.75, 3.05) is 6.61 Å². The largest absolute Gasteiger partial charge is 0.373 e. The van der Waals surface area contributed by atoms with Crippen molar-refractivity contribution in [2.45, 2.75) is 58.0 Å². The molecular formula is C31H33F3O. The summed E-state index contributed by atoms with van der Waals surface area (Å²) in [4.78, 5) is 0. The van der Waals surface area contributed by atoms with Crippen molar-refractivity contribution in [2.24, 2.45) is 5.92 Å². The summed E-state index contributed by atoms with van der Waals surface area (Å²) < 4.78 is 50.2. The standard InChI is InChI=1S/C31H33F3O/c1-3-5-6-7-8-24-14-16-26(31(34)30(24)33)23-12-10-22(11-13-23)25-15-17-27(28(32)19-25)29-18-9-21(4-2)20-35-29/h4,10-17,19,21,29H,2-3,5-9,18,20H2,1H3. The zero-order valence-electron chi connectivity index (χ0n) is 20.3. The molecule has 35 heavy (non-hydrogen) atoms. The van der Waals surface area contributed by atoms with Crippen molar-refractivity contribution in [1.29, 1.82) is 0 Å². The van der Waals surface area contributed by atoms with Crippen molar-refractivity contribution >= 4 is 0 Å². The third kappa shape index (κ3) is 5.87. The Morgan fingerprint density at radius 1 is 0.857 bits per heavy atom. The molecule has 0 saturated carbocycles. The molecule has 3 aromatic rings. The average molecular weight is 479 g/mol. The van der Waals surface area contributed by atoms with Gasteiger partial charge in [0, 0.05) is 17.0 Å². The van der Waals surface area contributed by atoms with Crippen LogP contribution >= 0.6 is 0 Å². The predicted molar refractivity (Wildman–Crippen MR) is 137 cm³/mol. The highest BCUT2D eigenvalue weighted by Crippen LogP contribution is 2.35. The highest BCUT2D eigenvalue weighted by Gasteiger charge is 2.24. The number of hydrogen-bond acceptors (Lipinski definition) is 1. The third-order valence-corrected chi connectivity index (χ3v) is 6.98. The minimum Gasteiger partial charge on any atom is -0.373 e. The summed E-state index contributed by atoms with van der Waals surface area (Å²) in [6.45, 7) is 6.49. The smallest absolute Gasteiger partial charge is 0.166 e. The van der Waals surface area contributed by atoms with Gasteiger partial charge in [-0.2, -0.15) is 0 Å². The van der Waals surface area contributed by atoms with Crippen molar-refractivity contribution < 1.29 is 17.9 Å². The summed E-state index contributed by atoms with van der Waals surface area (Å²) in [6, 6.07) is 15.6. The highest BCUT2D eigenvalue weighted by molar-refractivity contribution is 5.71. The maximum absolute atomic E-state index is 14.9. The van der Waals surface area contributed by atoms with Crippen LogP contribution in [0.5, 0.6) is 0 Å². The fourth-order valence-corrected chi connectivity index (χ4v) is 4.76. The molecule has 1 saturated heterocycles. The van der Waals surface area contributed by atoms with Crippen LogP contribution in [0.3, 0.4) is 0 Å². The summed E-state index contributed by atoms with van der Waals surface area (Å²) >= 11 is 0. The molecule has 184 valence electrons. The lowest BCUT2D eigenvalue weighted by atomic mass is 9.93. The lowest BCUT2D eigenvalue weighted by Crippen LogP contribution is -2.19. The van der Waals surface area contributed by atoms with E-state index in [9.17, 15) is 13.2 Å². The average Bonchev–Trinajstić information content (AvgIpc) is 2.89. The van der Waals surface area contributed by atoms with E-state index in [2.05, 4.69) is 13.5 Å². The molecule has 0 N–H and O–H groups in total. The van der Waals surface area contributed by atoms with E-state index in [1.54, 1.807) is 30.3 Å². The van der Waals surface area contributed by atoms with Crippen LogP contribution in [0.1, 0.15) is 62.7 Å². The topological polar surface area (TPSA) is 9.23 Å². The van der Waals surface area contributed by atoms with Crippen molar-refractivity contribution in [1.82, 2.24) is 0 Å². The van der Waals surface area contributed by atoms with Gasteiger partial charge < -0.3 is 4.74 Å². The van der Waals surface area contributed by atoms with Crippen LogP contribution in [-0.4, -0.2) is 6.61 Å². The molecule has 1 aliphatic rings. The molecule has 1 heterocycles. The summed E-state index contributed by atoms with van der Waals surface area (Å²) in [5, 5.41) is 0. The second-order valence-corrected chi connectivity index (χ2v) is 9.42. The van der Waals surface area contributed by atoms with Gasteiger partial charge in [0.05, 0.1) is 12.7 Å². The fraction of sp³-hybridized carbons (Fsp3) is 0.355. The first kappa shape index (κ1) is 25.2. The van der Waals surface area contributed by atoms with Gasteiger partial charge in [0.25, 0.3) is 0 Å². The van der Waals surface area contributed by atoms with Gasteiger partial charge >= 0.3 is 0 Å². The molecule has 1 nitrogen and oxygen atoms in total. The Morgan fingerprint density at radius 2 is 1.60 bits per heavy atom. The molecule has 0 spiro atoms. The molecule has 0 bridgehead atoms. The number of aryl methyl sites for hydroxylation is 1. The van der Waals surface area contributed by atoms with Gasteiger partial charge in [-0.25, -0.2) is 13.2 Å². The van der Waals surface area contributed by atoms with Crippen LogP contribution in [0.2, 0.25) is 0 Å². The molecule has 1 fully saturated rings. The normalized spacial score (nSPS) is 17.9. The van der Waals surface area contributed by atoms with Gasteiger partial charge in [0.1, 0.15) is 5.82 Å². The molecule has 3 aromatic carbocycles. The summed E-state index contributed by atoms with van der Waals surface area (Å²) in [5.74, 6) is -1.54. The lowest BCUT2D eigenvalue weighted by Gasteiger charge is -2.28. The van der Waals surface area contributed by atoms with Gasteiger partial charge in [-0.15, -0.1) is 6.58 Å². The quantitative estimate of drug-likeness (QED) is 0.220. The van der Waals surface area contributed by atoms with E-state index in [1.165, 1.54) is 6.07 Å². The van der Waals surface area contributed by atoms with Gasteiger partial charge in [0.2, 0.25) is 0 Å². The Balaban J connectivity index is 1.48. The molecule has 0 amide bonds. The maximum Gasteiger partial charge on any atom is 0.166 e. The maximum atomic E-state index is 14.9. The second kappa shape index (κ2) is 11.7. The first-order valence-corrected chi connectivity index (χ1v) is 12.6. The zero-order valence-corrected chi connectivity index (χ0v) is 20.3. The van der Waals surface area contributed by atoms with Gasteiger partial charge in [-0.3, -0.25) is 0 Å².